The van der Waals surface area contributed by atoms with E-state index < -0.39 is 5.82 Å². The fourth-order valence-corrected chi connectivity index (χ4v) is 2.40. The first-order valence-electron chi connectivity index (χ1n) is 6.98. The van der Waals surface area contributed by atoms with Crippen LogP contribution in [0.4, 0.5) is 8.78 Å². The van der Waals surface area contributed by atoms with Crippen LogP contribution in [-0.2, 0) is 0 Å². The maximum atomic E-state index is 14.0. The van der Waals surface area contributed by atoms with Crippen molar-refractivity contribution in [1.82, 2.24) is 5.32 Å². The largest absolute Gasteiger partial charge is 0.310 e. The molecule has 1 nitrogen and oxygen atoms in total. The second-order valence-electron chi connectivity index (χ2n) is 4.79. The highest BCUT2D eigenvalue weighted by molar-refractivity contribution is 9.10. The number of rotatable bonds is 8. The van der Waals surface area contributed by atoms with Crippen LogP contribution in [0.15, 0.2) is 16.6 Å². The van der Waals surface area contributed by atoms with Gasteiger partial charge in [0.25, 0.3) is 0 Å². The summed E-state index contributed by atoms with van der Waals surface area (Å²) < 4.78 is 27.7. The van der Waals surface area contributed by atoms with E-state index in [1.165, 1.54) is 12.1 Å². The third-order valence-corrected chi connectivity index (χ3v) is 3.76. The first kappa shape index (κ1) is 16.6. The van der Waals surface area contributed by atoms with Crippen LogP contribution in [-0.4, -0.2) is 6.54 Å². The fourth-order valence-electron chi connectivity index (χ4n) is 2.09. The third-order valence-electron chi connectivity index (χ3n) is 3.15. The van der Waals surface area contributed by atoms with Crippen molar-refractivity contribution in [2.75, 3.05) is 6.54 Å². The molecule has 19 heavy (non-hydrogen) atoms. The average molecular weight is 334 g/mol. The standard InChI is InChI=1S/C15H22BrF2N/c1-3-5-6-7-15(19-8-4-2)11-9-14(18)12(16)10-13(11)17/h9-10,15,19H,3-8H2,1-2H3. The van der Waals surface area contributed by atoms with Gasteiger partial charge in [0, 0.05) is 11.6 Å². The van der Waals surface area contributed by atoms with Crippen LogP contribution in [0.1, 0.15) is 57.6 Å². The zero-order valence-corrected chi connectivity index (χ0v) is 13.2. The van der Waals surface area contributed by atoms with Crippen molar-refractivity contribution >= 4 is 15.9 Å². The molecule has 1 unspecified atom stereocenters. The van der Waals surface area contributed by atoms with Crippen molar-refractivity contribution in [2.24, 2.45) is 0 Å². The van der Waals surface area contributed by atoms with Crippen LogP contribution in [0.3, 0.4) is 0 Å². The lowest BCUT2D eigenvalue weighted by atomic mass is 9.99. The molecule has 108 valence electrons. The number of halogens is 3. The summed E-state index contributed by atoms with van der Waals surface area (Å²) in [5, 5.41) is 3.31. The molecule has 0 spiro atoms. The zero-order valence-electron chi connectivity index (χ0n) is 11.6. The van der Waals surface area contributed by atoms with Gasteiger partial charge in [-0.15, -0.1) is 0 Å². The molecule has 0 aromatic heterocycles. The Labute approximate surface area is 122 Å². The molecule has 1 N–H and O–H groups in total. The Kier molecular flexibility index (Phi) is 7.54. The number of hydrogen-bond donors (Lipinski definition) is 1. The average Bonchev–Trinajstić information content (AvgIpc) is 2.38. The van der Waals surface area contributed by atoms with E-state index in [0.29, 0.717) is 5.56 Å². The Bertz CT molecular complexity index is 396. The van der Waals surface area contributed by atoms with E-state index in [1.807, 2.05) is 0 Å². The third kappa shape index (κ3) is 5.19. The van der Waals surface area contributed by atoms with Crippen LogP contribution in [0.5, 0.6) is 0 Å². The molecule has 0 saturated carbocycles. The Morgan fingerprint density at radius 3 is 2.47 bits per heavy atom. The van der Waals surface area contributed by atoms with Gasteiger partial charge in [-0.1, -0.05) is 33.1 Å². The van der Waals surface area contributed by atoms with E-state index in [-0.39, 0.29) is 16.3 Å². The van der Waals surface area contributed by atoms with Crippen LogP contribution >= 0.6 is 15.9 Å². The monoisotopic (exact) mass is 333 g/mol. The summed E-state index contributed by atoms with van der Waals surface area (Å²) in [5.41, 5.74) is 0.435. The van der Waals surface area contributed by atoms with E-state index in [1.54, 1.807) is 0 Å². The normalized spacial score (nSPS) is 12.7. The van der Waals surface area contributed by atoms with Gasteiger partial charge in [0.15, 0.2) is 0 Å². The summed E-state index contributed by atoms with van der Waals surface area (Å²) in [5.74, 6) is -0.756. The fraction of sp³-hybridized carbons (Fsp3) is 0.600. The Morgan fingerprint density at radius 2 is 1.84 bits per heavy atom. The highest BCUT2D eigenvalue weighted by Gasteiger charge is 2.17. The zero-order chi connectivity index (χ0) is 14.3. The van der Waals surface area contributed by atoms with Gasteiger partial charge in [0.2, 0.25) is 0 Å². The molecule has 0 radical (unpaired) electrons. The quantitative estimate of drug-likeness (QED) is 0.499. The van der Waals surface area contributed by atoms with Gasteiger partial charge in [-0.2, -0.15) is 0 Å². The van der Waals surface area contributed by atoms with E-state index in [0.717, 1.165) is 38.6 Å². The molecule has 1 atom stereocenters. The number of nitrogens with one attached hydrogen (secondary N) is 1. The van der Waals surface area contributed by atoms with Gasteiger partial charge in [0.05, 0.1) is 4.47 Å². The molecule has 0 heterocycles. The molecule has 0 saturated heterocycles. The van der Waals surface area contributed by atoms with Crippen LogP contribution in [0.25, 0.3) is 0 Å². The summed E-state index contributed by atoms with van der Waals surface area (Å²) in [6, 6.07) is 2.41. The first-order chi connectivity index (χ1) is 9.10. The maximum Gasteiger partial charge on any atom is 0.137 e. The SMILES string of the molecule is CCCCCC(NCCC)c1cc(F)c(Br)cc1F. The van der Waals surface area contributed by atoms with Crippen molar-refractivity contribution < 1.29 is 8.78 Å². The van der Waals surface area contributed by atoms with E-state index >= 15 is 0 Å². The second kappa shape index (κ2) is 8.64. The van der Waals surface area contributed by atoms with Gasteiger partial charge < -0.3 is 5.32 Å². The van der Waals surface area contributed by atoms with Crippen molar-refractivity contribution in [2.45, 2.75) is 52.0 Å². The number of hydrogen-bond acceptors (Lipinski definition) is 1. The van der Waals surface area contributed by atoms with E-state index in [2.05, 4.69) is 35.1 Å². The lowest BCUT2D eigenvalue weighted by molar-refractivity contribution is 0.450. The van der Waals surface area contributed by atoms with Crippen molar-refractivity contribution in [1.29, 1.82) is 0 Å². The topological polar surface area (TPSA) is 12.0 Å². The van der Waals surface area contributed by atoms with Crippen molar-refractivity contribution in [3.8, 4) is 0 Å². The molecule has 0 amide bonds. The summed E-state index contributed by atoms with van der Waals surface area (Å²) in [7, 11) is 0. The summed E-state index contributed by atoms with van der Waals surface area (Å²) in [6.45, 7) is 5.01. The number of unbranched alkanes of at least 4 members (excludes halogenated alkanes) is 2. The van der Waals surface area contributed by atoms with E-state index in [4.69, 9.17) is 0 Å². The van der Waals surface area contributed by atoms with Crippen molar-refractivity contribution in [3.05, 3.63) is 33.8 Å². The summed E-state index contributed by atoms with van der Waals surface area (Å²) >= 11 is 3.01. The second-order valence-corrected chi connectivity index (χ2v) is 5.64. The van der Waals surface area contributed by atoms with Gasteiger partial charge >= 0.3 is 0 Å². The Hall–Kier alpha value is -0.480. The summed E-state index contributed by atoms with van der Waals surface area (Å²) in [6.07, 6.45) is 5.08. The van der Waals surface area contributed by atoms with Gasteiger partial charge in [-0.3, -0.25) is 0 Å². The first-order valence-corrected chi connectivity index (χ1v) is 7.77. The lowest BCUT2D eigenvalue weighted by Crippen LogP contribution is -2.23. The molecule has 1 aromatic carbocycles. The van der Waals surface area contributed by atoms with Gasteiger partial charge in [0.1, 0.15) is 11.6 Å². The lowest BCUT2D eigenvalue weighted by Gasteiger charge is -2.20. The van der Waals surface area contributed by atoms with Crippen LogP contribution in [0.2, 0.25) is 0 Å². The molecule has 0 fully saturated rings. The van der Waals surface area contributed by atoms with Crippen LogP contribution < -0.4 is 5.32 Å². The molecular formula is C15H22BrF2N. The van der Waals surface area contributed by atoms with E-state index in [9.17, 15) is 8.78 Å². The molecular weight excluding hydrogens is 312 g/mol. The molecule has 1 aromatic rings. The summed E-state index contributed by atoms with van der Waals surface area (Å²) in [4.78, 5) is 0. The molecule has 1 rings (SSSR count). The van der Waals surface area contributed by atoms with Gasteiger partial charge in [-0.25, -0.2) is 8.78 Å². The predicted octanol–water partition coefficient (Wildman–Crippen LogP) is 5.35. The Balaban J connectivity index is 2.85. The Morgan fingerprint density at radius 1 is 1.11 bits per heavy atom. The number of benzene rings is 1. The highest BCUT2D eigenvalue weighted by atomic mass is 79.9. The van der Waals surface area contributed by atoms with Crippen LogP contribution in [0, 0.1) is 11.6 Å². The predicted molar refractivity (Wildman–Crippen MR) is 79.2 cm³/mol. The minimum atomic E-state index is -0.407. The highest BCUT2D eigenvalue weighted by Crippen LogP contribution is 2.27. The maximum absolute atomic E-state index is 14.0. The molecule has 0 bridgehead atoms. The molecule has 0 aliphatic rings. The smallest absolute Gasteiger partial charge is 0.137 e. The minimum absolute atomic E-state index is 0.103. The van der Waals surface area contributed by atoms with Crippen molar-refractivity contribution in [3.63, 3.8) is 0 Å². The molecule has 0 aliphatic heterocycles. The minimum Gasteiger partial charge on any atom is -0.310 e. The van der Waals surface area contributed by atoms with Gasteiger partial charge in [-0.05, 0) is 47.4 Å². The molecule has 4 heteroatoms. The molecule has 0 aliphatic carbocycles.